The molecule has 0 atom stereocenters. The summed E-state index contributed by atoms with van der Waals surface area (Å²) in [4.78, 5) is 19.8. The molecule has 3 rings (SSSR count). The molecule has 0 unspecified atom stereocenters. The quantitative estimate of drug-likeness (QED) is 0.783. The summed E-state index contributed by atoms with van der Waals surface area (Å²) in [5.74, 6) is -0.383. The second-order valence-electron chi connectivity index (χ2n) is 4.21. The van der Waals surface area contributed by atoms with Crippen LogP contribution in [0.5, 0.6) is 0 Å². The van der Waals surface area contributed by atoms with E-state index in [2.05, 4.69) is 15.1 Å². The van der Waals surface area contributed by atoms with Crippen molar-refractivity contribution in [3.8, 4) is 11.3 Å². The van der Waals surface area contributed by atoms with Gasteiger partial charge >= 0.3 is 5.97 Å². The molecule has 100 valence electrons. The Labute approximate surface area is 118 Å². The lowest BCUT2D eigenvalue weighted by Crippen LogP contribution is -2.08. The Hall–Kier alpha value is -2.47. The number of hydrogen-bond acceptors (Lipinski definition) is 4. The van der Waals surface area contributed by atoms with E-state index in [1.54, 1.807) is 31.2 Å². The average molecular weight is 289 g/mol. The summed E-state index contributed by atoms with van der Waals surface area (Å²) in [7, 11) is 0. The second-order valence-corrected chi connectivity index (χ2v) is 4.65. The first-order chi connectivity index (χ1) is 9.54. The minimum Gasteiger partial charge on any atom is -0.477 e. The van der Waals surface area contributed by atoms with Crippen LogP contribution in [0.15, 0.2) is 30.3 Å². The summed E-state index contributed by atoms with van der Waals surface area (Å²) >= 11 is 5.94. The van der Waals surface area contributed by atoms with Gasteiger partial charge in [0, 0.05) is 10.6 Å². The molecular weight excluding hydrogens is 280 g/mol. The SMILES string of the molecule is Cc1nc2nc(-c3cccc(Cl)c3)cc(C(=O)O)n2n1. The van der Waals surface area contributed by atoms with Crippen molar-refractivity contribution in [3.63, 3.8) is 0 Å². The van der Waals surface area contributed by atoms with Gasteiger partial charge in [0.2, 0.25) is 0 Å². The van der Waals surface area contributed by atoms with Crippen LogP contribution in [0.3, 0.4) is 0 Å². The van der Waals surface area contributed by atoms with Crippen LogP contribution in [0.25, 0.3) is 17.0 Å². The van der Waals surface area contributed by atoms with Gasteiger partial charge in [-0.25, -0.2) is 9.78 Å². The predicted octanol–water partition coefficient (Wildman–Crippen LogP) is 2.45. The maximum Gasteiger partial charge on any atom is 0.354 e. The van der Waals surface area contributed by atoms with Crippen LogP contribution >= 0.6 is 11.6 Å². The minimum atomic E-state index is -1.09. The first-order valence-electron chi connectivity index (χ1n) is 5.78. The third kappa shape index (κ3) is 2.10. The molecule has 0 aliphatic carbocycles. The van der Waals surface area contributed by atoms with Crippen LogP contribution in [0.4, 0.5) is 0 Å². The van der Waals surface area contributed by atoms with Crippen molar-refractivity contribution in [3.05, 3.63) is 46.9 Å². The van der Waals surface area contributed by atoms with Gasteiger partial charge in [0.25, 0.3) is 5.78 Å². The molecule has 0 amide bonds. The van der Waals surface area contributed by atoms with Crippen molar-refractivity contribution in [2.45, 2.75) is 6.92 Å². The molecule has 2 heterocycles. The number of hydrogen-bond donors (Lipinski definition) is 1. The van der Waals surface area contributed by atoms with Crippen molar-refractivity contribution in [2.75, 3.05) is 0 Å². The monoisotopic (exact) mass is 288 g/mol. The van der Waals surface area contributed by atoms with Crippen LogP contribution < -0.4 is 0 Å². The third-order valence-corrected chi connectivity index (χ3v) is 2.99. The number of fused-ring (bicyclic) bond motifs is 1. The number of carboxylic acids is 1. The molecule has 0 bridgehead atoms. The Morgan fingerprint density at radius 1 is 1.30 bits per heavy atom. The fraction of sp³-hybridized carbons (Fsp3) is 0.0769. The fourth-order valence-corrected chi connectivity index (χ4v) is 2.11. The van der Waals surface area contributed by atoms with Crippen LogP contribution in [-0.4, -0.2) is 30.7 Å². The van der Waals surface area contributed by atoms with Crippen molar-refractivity contribution < 1.29 is 9.90 Å². The Balaban J connectivity index is 2.29. The zero-order chi connectivity index (χ0) is 14.3. The van der Waals surface area contributed by atoms with Gasteiger partial charge in [0.05, 0.1) is 5.69 Å². The first kappa shape index (κ1) is 12.6. The van der Waals surface area contributed by atoms with E-state index in [-0.39, 0.29) is 11.5 Å². The number of halogens is 1. The highest BCUT2D eigenvalue weighted by atomic mass is 35.5. The molecule has 0 saturated heterocycles. The summed E-state index contributed by atoms with van der Waals surface area (Å²) < 4.78 is 1.21. The van der Waals surface area contributed by atoms with Gasteiger partial charge in [0.15, 0.2) is 5.69 Å². The molecule has 2 aromatic heterocycles. The number of carboxylic acid groups (broad SMARTS) is 1. The standard InChI is InChI=1S/C13H9ClN4O2/c1-7-15-13-16-10(8-3-2-4-9(14)5-8)6-11(12(19)20)18(13)17-7/h2-6H,1H3,(H,19,20). The predicted molar refractivity (Wildman–Crippen MR) is 72.9 cm³/mol. The molecule has 0 aliphatic heterocycles. The van der Waals surface area contributed by atoms with E-state index < -0.39 is 5.97 Å². The van der Waals surface area contributed by atoms with Crippen molar-refractivity contribution in [2.24, 2.45) is 0 Å². The van der Waals surface area contributed by atoms with Gasteiger partial charge in [-0.2, -0.15) is 9.50 Å². The zero-order valence-corrected chi connectivity index (χ0v) is 11.2. The number of benzene rings is 1. The zero-order valence-electron chi connectivity index (χ0n) is 10.4. The van der Waals surface area contributed by atoms with E-state index in [4.69, 9.17) is 11.6 Å². The van der Waals surface area contributed by atoms with Crippen LogP contribution in [0.1, 0.15) is 16.3 Å². The lowest BCUT2D eigenvalue weighted by molar-refractivity contribution is 0.0687. The maximum absolute atomic E-state index is 11.3. The number of aryl methyl sites for hydroxylation is 1. The number of nitrogens with zero attached hydrogens (tertiary/aromatic N) is 4. The average Bonchev–Trinajstić information content (AvgIpc) is 2.77. The molecule has 0 aliphatic rings. The number of aromatic carboxylic acids is 1. The van der Waals surface area contributed by atoms with Crippen molar-refractivity contribution in [1.29, 1.82) is 0 Å². The van der Waals surface area contributed by atoms with Gasteiger partial charge in [-0.05, 0) is 25.1 Å². The highest BCUT2D eigenvalue weighted by Crippen LogP contribution is 2.22. The molecule has 1 N–H and O–H groups in total. The molecule has 0 fully saturated rings. The highest BCUT2D eigenvalue weighted by Gasteiger charge is 2.15. The van der Waals surface area contributed by atoms with Gasteiger partial charge in [-0.15, -0.1) is 5.10 Å². The van der Waals surface area contributed by atoms with Crippen molar-refractivity contribution >= 4 is 23.3 Å². The molecule has 20 heavy (non-hydrogen) atoms. The Kier molecular flexibility index (Phi) is 2.87. The normalized spacial score (nSPS) is 10.9. The number of carbonyl (C=O) groups is 1. The van der Waals surface area contributed by atoms with Crippen LogP contribution in [0, 0.1) is 6.92 Å². The van der Waals surface area contributed by atoms with Gasteiger partial charge < -0.3 is 5.11 Å². The topological polar surface area (TPSA) is 80.4 Å². The van der Waals surface area contributed by atoms with Gasteiger partial charge in [-0.3, -0.25) is 0 Å². The first-order valence-corrected chi connectivity index (χ1v) is 6.16. The van der Waals surface area contributed by atoms with E-state index >= 15 is 0 Å². The molecule has 0 saturated carbocycles. The van der Waals surface area contributed by atoms with Gasteiger partial charge in [-0.1, -0.05) is 23.7 Å². The minimum absolute atomic E-state index is 0.00516. The molecule has 3 aromatic rings. The smallest absolute Gasteiger partial charge is 0.354 e. The fourth-order valence-electron chi connectivity index (χ4n) is 1.92. The molecule has 6 nitrogen and oxygen atoms in total. The van der Waals surface area contributed by atoms with E-state index in [1.807, 2.05) is 0 Å². The second kappa shape index (κ2) is 4.57. The maximum atomic E-state index is 11.3. The Morgan fingerprint density at radius 3 is 2.80 bits per heavy atom. The highest BCUT2D eigenvalue weighted by molar-refractivity contribution is 6.30. The molecule has 7 heteroatoms. The van der Waals surface area contributed by atoms with E-state index in [0.29, 0.717) is 16.5 Å². The molecule has 0 spiro atoms. The summed E-state index contributed by atoms with van der Waals surface area (Å²) in [6.45, 7) is 1.68. The van der Waals surface area contributed by atoms with Crippen LogP contribution in [-0.2, 0) is 0 Å². The summed E-state index contributed by atoms with van der Waals surface area (Å²) in [5.41, 5.74) is 1.22. The molecule has 1 aromatic carbocycles. The van der Waals surface area contributed by atoms with E-state index in [9.17, 15) is 9.90 Å². The number of rotatable bonds is 2. The lowest BCUT2D eigenvalue weighted by Gasteiger charge is -2.04. The third-order valence-electron chi connectivity index (χ3n) is 2.76. The Morgan fingerprint density at radius 2 is 2.10 bits per heavy atom. The summed E-state index contributed by atoms with van der Waals surface area (Å²) in [6, 6.07) is 8.49. The Bertz CT molecular complexity index is 828. The molecule has 0 radical (unpaired) electrons. The summed E-state index contributed by atoms with van der Waals surface area (Å²) in [5, 5.41) is 13.9. The largest absolute Gasteiger partial charge is 0.477 e. The van der Waals surface area contributed by atoms with Crippen LogP contribution in [0.2, 0.25) is 5.02 Å². The molecular formula is C13H9ClN4O2. The van der Waals surface area contributed by atoms with E-state index in [0.717, 1.165) is 5.56 Å². The lowest BCUT2D eigenvalue weighted by atomic mass is 10.1. The van der Waals surface area contributed by atoms with Gasteiger partial charge in [0.1, 0.15) is 5.82 Å². The van der Waals surface area contributed by atoms with Crippen molar-refractivity contribution in [1.82, 2.24) is 19.6 Å². The van der Waals surface area contributed by atoms with E-state index in [1.165, 1.54) is 10.6 Å². The number of aromatic nitrogens is 4. The summed E-state index contributed by atoms with van der Waals surface area (Å²) in [6.07, 6.45) is 0.